The fourth-order valence-electron chi connectivity index (χ4n) is 1.08. The van der Waals surface area contributed by atoms with Gasteiger partial charge in [-0.05, 0) is 13.0 Å². The smallest absolute Gasteiger partial charge is 0.304 e. The lowest BCUT2D eigenvalue weighted by atomic mass is 10.4. The summed E-state index contributed by atoms with van der Waals surface area (Å²) in [6.07, 6.45) is 1.11. The van der Waals surface area contributed by atoms with Gasteiger partial charge < -0.3 is 5.11 Å². The number of carboxylic acid groups (broad SMARTS) is 1. The third-order valence-corrected chi connectivity index (χ3v) is 3.22. The van der Waals surface area contributed by atoms with E-state index in [9.17, 15) is 13.2 Å². The normalized spacial score (nSPS) is 11.4. The molecule has 0 saturated heterocycles. The van der Waals surface area contributed by atoms with E-state index in [1.165, 1.54) is 6.20 Å². The molecule has 8 heteroatoms. The Morgan fingerprint density at radius 2 is 2.24 bits per heavy atom. The Balaban J connectivity index is 2.52. The highest BCUT2D eigenvalue weighted by atomic mass is 32.2. The van der Waals surface area contributed by atoms with Crippen molar-refractivity contribution in [2.75, 3.05) is 5.75 Å². The van der Waals surface area contributed by atoms with Crippen LogP contribution in [-0.2, 0) is 21.4 Å². The van der Waals surface area contributed by atoms with Crippen molar-refractivity contribution < 1.29 is 18.3 Å². The molecule has 0 aromatic carbocycles. The van der Waals surface area contributed by atoms with Crippen molar-refractivity contribution in [3.05, 3.63) is 23.8 Å². The third kappa shape index (κ3) is 5.36. The van der Waals surface area contributed by atoms with Gasteiger partial charge in [-0.25, -0.2) is 23.1 Å². The van der Waals surface area contributed by atoms with Crippen molar-refractivity contribution in [1.82, 2.24) is 14.7 Å². The van der Waals surface area contributed by atoms with Crippen molar-refractivity contribution in [2.45, 2.75) is 19.9 Å². The van der Waals surface area contributed by atoms with Gasteiger partial charge in [0.25, 0.3) is 0 Å². The van der Waals surface area contributed by atoms with Gasteiger partial charge in [0, 0.05) is 6.20 Å². The average Bonchev–Trinajstić information content (AvgIpc) is 2.24. The quantitative estimate of drug-likeness (QED) is 0.724. The van der Waals surface area contributed by atoms with Crippen LogP contribution in [0, 0.1) is 6.92 Å². The molecule has 0 unspecified atom stereocenters. The molecule has 0 saturated carbocycles. The van der Waals surface area contributed by atoms with Crippen LogP contribution < -0.4 is 4.72 Å². The summed E-state index contributed by atoms with van der Waals surface area (Å²) in [5.41, 5.74) is 0.538. The molecule has 0 spiro atoms. The molecule has 17 heavy (non-hydrogen) atoms. The number of nitrogens with one attached hydrogen (secondary N) is 1. The van der Waals surface area contributed by atoms with Gasteiger partial charge in [-0.15, -0.1) is 0 Å². The molecule has 0 aliphatic carbocycles. The summed E-state index contributed by atoms with van der Waals surface area (Å²) in [6.45, 7) is 1.73. The van der Waals surface area contributed by atoms with Gasteiger partial charge in [-0.3, -0.25) is 4.79 Å². The Morgan fingerprint density at radius 3 is 2.82 bits per heavy atom. The Kier molecular flexibility index (Phi) is 4.53. The lowest BCUT2D eigenvalue weighted by Gasteiger charge is -2.05. The van der Waals surface area contributed by atoms with Crippen LogP contribution in [0.4, 0.5) is 0 Å². The largest absolute Gasteiger partial charge is 0.481 e. The summed E-state index contributed by atoms with van der Waals surface area (Å²) >= 11 is 0. The molecule has 1 rings (SSSR count). The standard InChI is InChI=1S/C9H13N3O4S/c1-7-10-4-2-8(12-7)6-11-17(15,16)5-3-9(13)14/h2,4,11H,3,5-6H2,1H3,(H,13,14). The van der Waals surface area contributed by atoms with Gasteiger partial charge in [0.05, 0.1) is 24.4 Å². The second-order valence-electron chi connectivity index (χ2n) is 3.38. The molecule has 1 aromatic heterocycles. The molecule has 94 valence electrons. The molecule has 0 radical (unpaired) electrons. The van der Waals surface area contributed by atoms with Crippen molar-refractivity contribution in [3.8, 4) is 0 Å². The third-order valence-electron chi connectivity index (χ3n) is 1.89. The number of hydrogen-bond acceptors (Lipinski definition) is 5. The van der Waals surface area contributed by atoms with Gasteiger partial charge in [-0.2, -0.15) is 0 Å². The molecule has 0 amide bonds. The lowest BCUT2D eigenvalue weighted by molar-refractivity contribution is -0.136. The first-order chi connectivity index (χ1) is 7.89. The molecule has 2 N–H and O–H groups in total. The summed E-state index contributed by atoms with van der Waals surface area (Å²) in [4.78, 5) is 18.1. The first-order valence-corrected chi connectivity index (χ1v) is 6.52. The highest BCUT2D eigenvalue weighted by Gasteiger charge is 2.12. The molecule has 0 bridgehead atoms. The number of aryl methyl sites for hydroxylation is 1. The van der Waals surface area contributed by atoms with Crippen LogP contribution in [0.25, 0.3) is 0 Å². The van der Waals surface area contributed by atoms with Crippen LogP contribution >= 0.6 is 0 Å². The zero-order chi connectivity index (χ0) is 12.9. The molecular formula is C9H13N3O4S. The molecule has 7 nitrogen and oxygen atoms in total. The van der Waals surface area contributed by atoms with E-state index in [0.717, 1.165) is 0 Å². The summed E-state index contributed by atoms with van der Waals surface area (Å²) < 4.78 is 25.0. The van der Waals surface area contributed by atoms with Crippen LogP contribution in [0.2, 0.25) is 0 Å². The van der Waals surface area contributed by atoms with Gasteiger partial charge in [0.1, 0.15) is 5.82 Å². The van der Waals surface area contributed by atoms with Crippen molar-refractivity contribution in [2.24, 2.45) is 0 Å². The molecule has 1 heterocycles. The zero-order valence-electron chi connectivity index (χ0n) is 9.25. The van der Waals surface area contributed by atoms with Crippen LogP contribution in [-0.4, -0.2) is 35.2 Å². The highest BCUT2D eigenvalue weighted by Crippen LogP contribution is 1.97. The van der Waals surface area contributed by atoms with Gasteiger partial charge in [-0.1, -0.05) is 0 Å². The number of carboxylic acids is 1. The minimum absolute atomic E-state index is 0.0330. The number of hydrogen-bond donors (Lipinski definition) is 2. The van der Waals surface area contributed by atoms with Crippen LogP contribution in [0.3, 0.4) is 0 Å². The number of aliphatic carboxylic acids is 1. The minimum atomic E-state index is -3.58. The minimum Gasteiger partial charge on any atom is -0.481 e. The molecule has 0 atom stereocenters. The Labute approximate surface area is 99.0 Å². The van der Waals surface area contributed by atoms with E-state index in [0.29, 0.717) is 11.5 Å². The highest BCUT2D eigenvalue weighted by molar-refractivity contribution is 7.89. The number of carbonyl (C=O) groups is 1. The second-order valence-corrected chi connectivity index (χ2v) is 5.31. The van der Waals surface area contributed by atoms with E-state index in [2.05, 4.69) is 14.7 Å². The predicted molar refractivity (Wildman–Crippen MR) is 59.6 cm³/mol. The monoisotopic (exact) mass is 259 g/mol. The van der Waals surface area contributed by atoms with E-state index in [4.69, 9.17) is 5.11 Å². The molecule has 0 fully saturated rings. The first-order valence-electron chi connectivity index (χ1n) is 4.87. The number of rotatable bonds is 6. The Morgan fingerprint density at radius 1 is 1.53 bits per heavy atom. The summed E-state index contributed by atoms with van der Waals surface area (Å²) in [5, 5.41) is 8.39. The summed E-state index contributed by atoms with van der Waals surface area (Å²) in [5.74, 6) is -1.03. The van der Waals surface area contributed by atoms with Gasteiger partial charge in [0.15, 0.2) is 0 Å². The maximum atomic E-state index is 11.4. The van der Waals surface area contributed by atoms with Gasteiger partial charge in [0.2, 0.25) is 10.0 Å². The Bertz CT molecular complexity index is 501. The van der Waals surface area contributed by atoms with Gasteiger partial charge >= 0.3 is 5.97 Å². The fraction of sp³-hybridized carbons (Fsp3) is 0.444. The van der Waals surface area contributed by atoms with E-state index in [-0.39, 0.29) is 6.54 Å². The zero-order valence-corrected chi connectivity index (χ0v) is 10.1. The summed E-state index contributed by atoms with van der Waals surface area (Å²) in [6, 6.07) is 1.59. The van der Waals surface area contributed by atoms with Crippen LogP contribution in [0.5, 0.6) is 0 Å². The Hall–Kier alpha value is -1.54. The molecule has 0 aliphatic heterocycles. The van der Waals surface area contributed by atoms with Crippen molar-refractivity contribution in [3.63, 3.8) is 0 Å². The molecule has 1 aromatic rings. The fourth-order valence-corrected chi connectivity index (χ4v) is 2.04. The second kappa shape index (κ2) is 5.69. The summed E-state index contributed by atoms with van der Waals surface area (Å²) in [7, 11) is -3.58. The maximum absolute atomic E-state index is 11.4. The van der Waals surface area contributed by atoms with Crippen LogP contribution in [0.15, 0.2) is 12.3 Å². The SMILES string of the molecule is Cc1nccc(CNS(=O)(=O)CCC(=O)O)n1. The topological polar surface area (TPSA) is 109 Å². The molecule has 0 aliphatic rings. The van der Waals surface area contributed by atoms with E-state index in [1.54, 1.807) is 13.0 Å². The van der Waals surface area contributed by atoms with Crippen molar-refractivity contribution >= 4 is 16.0 Å². The van der Waals surface area contributed by atoms with E-state index < -0.39 is 28.2 Å². The average molecular weight is 259 g/mol. The van der Waals surface area contributed by atoms with E-state index >= 15 is 0 Å². The number of nitrogens with zero attached hydrogens (tertiary/aromatic N) is 2. The lowest BCUT2D eigenvalue weighted by Crippen LogP contribution is -2.27. The van der Waals surface area contributed by atoms with Crippen LogP contribution in [0.1, 0.15) is 17.9 Å². The number of aromatic nitrogens is 2. The van der Waals surface area contributed by atoms with E-state index in [1.807, 2.05) is 0 Å². The number of sulfonamides is 1. The molecular weight excluding hydrogens is 246 g/mol. The maximum Gasteiger partial charge on any atom is 0.304 e. The predicted octanol–water partition coefficient (Wildman–Crippen LogP) is -0.321. The van der Waals surface area contributed by atoms with Crippen molar-refractivity contribution in [1.29, 1.82) is 0 Å². The first kappa shape index (κ1) is 13.5.